The first kappa shape index (κ1) is 32.0. The second-order valence-electron chi connectivity index (χ2n) is 14.1. The summed E-state index contributed by atoms with van der Waals surface area (Å²) in [5.41, 5.74) is 7.36. The van der Waals surface area contributed by atoms with Crippen molar-refractivity contribution in [2.24, 2.45) is 18.9 Å². The minimum absolute atomic E-state index is 0.359. The van der Waals surface area contributed by atoms with Crippen molar-refractivity contribution in [3.05, 3.63) is 96.3 Å². The maximum absolute atomic E-state index is 16.5. The van der Waals surface area contributed by atoms with Crippen LogP contribution in [0.4, 0.5) is 4.39 Å². The molecule has 1 aliphatic heterocycles. The van der Waals surface area contributed by atoms with Gasteiger partial charge in [0, 0.05) is 30.0 Å². The summed E-state index contributed by atoms with van der Waals surface area (Å²) < 4.78 is 27.4. The summed E-state index contributed by atoms with van der Waals surface area (Å²) in [7, 11) is 4.07. The van der Waals surface area contributed by atoms with Crippen LogP contribution in [0.2, 0.25) is 0 Å². The van der Waals surface area contributed by atoms with Crippen LogP contribution in [0.1, 0.15) is 57.8 Å². The van der Waals surface area contributed by atoms with Gasteiger partial charge in [0.1, 0.15) is 23.2 Å². The fourth-order valence-corrected chi connectivity index (χ4v) is 7.11. The molecule has 50 heavy (non-hydrogen) atoms. The van der Waals surface area contributed by atoms with Crippen molar-refractivity contribution in [3.8, 4) is 39.5 Å². The number of H-pyrrole nitrogens is 2. The monoisotopic (exact) mass is 670 g/mol. The molecule has 0 amide bonds. The Labute approximate surface area is 291 Å². The van der Waals surface area contributed by atoms with E-state index in [0.29, 0.717) is 35.3 Å². The van der Waals surface area contributed by atoms with Crippen LogP contribution >= 0.6 is 0 Å². The van der Waals surface area contributed by atoms with Crippen molar-refractivity contribution >= 4 is 21.9 Å². The molecule has 2 unspecified atom stereocenters. The predicted octanol–water partition coefficient (Wildman–Crippen LogP) is 8.73. The SMILES string of the molecule is CCCN(C)Cc1ncc(-c2cc(F)c3c(c2)OC(c2nc4ccccc4n2C)n2c-3cc3cc(-c4cnc(CC(C)C(C)C)[nH]4)ccc32)[nH]1. The zero-order chi connectivity index (χ0) is 34.7. The van der Waals surface area contributed by atoms with Crippen molar-refractivity contribution in [1.29, 1.82) is 0 Å². The van der Waals surface area contributed by atoms with Crippen molar-refractivity contribution in [3.63, 3.8) is 0 Å². The van der Waals surface area contributed by atoms with Gasteiger partial charge < -0.3 is 19.3 Å². The van der Waals surface area contributed by atoms with Gasteiger partial charge in [-0.2, -0.15) is 0 Å². The molecule has 9 nitrogen and oxygen atoms in total. The van der Waals surface area contributed by atoms with Crippen LogP contribution < -0.4 is 4.74 Å². The van der Waals surface area contributed by atoms with Crippen molar-refractivity contribution < 1.29 is 9.13 Å². The first-order valence-electron chi connectivity index (χ1n) is 17.5. The third kappa shape index (κ3) is 5.57. The lowest BCUT2D eigenvalue weighted by atomic mass is 9.94. The number of rotatable bonds is 10. The Morgan fingerprint density at radius 3 is 2.46 bits per heavy atom. The molecule has 3 aromatic carbocycles. The Bertz CT molecular complexity index is 2340. The summed E-state index contributed by atoms with van der Waals surface area (Å²) in [6.45, 7) is 10.6. The molecule has 10 heteroatoms. The molecular weight excluding hydrogens is 627 g/mol. The molecule has 0 saturated heterocycles. The number of aromatic amines is 2. The average Bonchev–Trinajstić information content (AvgIpc) is 3.90. The number of hydrogen-bond acceptors (Lipinski definition) is 5. The first-order chi connectivity index (χ1) is 24.2. The van der Waals surface area contributed by atoms with Crippen LogP contribution in [0, 0.1) is 17.7 Å². The smallest absolute Gasteiger partial charge is 0.235 e. The highest BCUT2D eigenvalue weighted by atomic mass is 19.1. The van der Waals surface area contributed by atoms with Gasteiger partial charge in [-0.15, -0.1) is 0 Å². The fraction of sp³-hybridized carbons (Fsp3) is 0.325. The molecule has 1 aliphatic rings. The van der Waals surface area contributed by atoms with E-state index in [-0.39, 0.29) is 5.82 Å². The summed E-state index contributed by atoms with van der Waals surface area (Å²) in [6, 6.07) is 19.9. The number of aromatic nitrogens is 7. The summed E-state index contributed by atoms with van der Waals surface area (Å²) >= 11 is 0. The van der Waals surface area contributed by atoms with E-state index in [1.807, 2.05) is 37.5 Å². The lowest BCUT2D eigenvalue weighted by molar-refractivity contribution is 0.160. The number of imidazole rings is 3. The van der Waals surface area contributed by atoms with E-state index in [9.17, 15) is 0 Å². The van der Waals surface area contributed by atoms with Crippen molar-refractivity contribution in [2.45, 2.75) is 53.3 Å². The van der Waals surface area contributed by atoms with Gasteiger partial charge in [0.15, 0.2) is 5.82 Å². The standard InChI is InChI=1S/C40H43FN8O/c1-7-14-47(5)22-37-43-21-31(45-37)26-17-28(41)38-34-18-27-16-25(30-20-42-36(44-30)15-24(4)23(2)3)12-13-32(27)49(34)40(50-35(38)19-26)39-46-29-10-8-9-11-33(29)48(39)6/h8-13,16-21,23-24,40H,7,14-15,22H2,1-6H3,(H,42,44)(H,43,45). The molecule has 256 valence electrons. The number of aryl methyl sites for hydroxylation is 1. The molecule has 0 aliphatic carbocycles. The summed E-state index contributed by atoms with van der Waals surface area (Å²) in [5, 5.41) is 0.974. The molecule has 0 bridgehead atoms. The zero-order valence-corrected chi connectivity index (χ0v) is 29.5. The minimum Gasteiger partial charge on any atom is -0.462 e. The molecule has 7 aromatic rings. The molecule has 2 atom stereocenters. The first-order valence-corrected chi connectivity index (χ1v) is 17.5. The van der Waals surface area contributed by atoms with Crippen LogP contribution in [-0.2, 0) is 20.0 Å². The molecule has 4 aromatic heterocycles. The highest BCUT2D eigenvalue weighted by Gasteiger charge is 2.34. The van der Waals surface area contributed by atoms with Gasteiger partial charge in [0.25, 0.3) is 0 Å². The van der Waals surface area contributed by atoms with Crippen molar-refractivity contribution in [2.75, 3.05) is 13.6 Å². The molecule has 0 spiro atoms. The maximum Gasteiger partial charge on any atom is 0.235 e. The second-order valence-corrected chi connectivity index (χ2v) is 14.1. The van der Waals surface area contributed by atoms with Gasteiger partial charge in [0.05, 0.1) is 58.1 Å². The number of benzene rings is 3. The van der Waals surface area contributed by atoms with Gasteiger partial charge in [-0.25, -0.2) is 19.3 Å². The largest absolute Gasteiger partial charge is 0.462 e. The third-order valence-corrected chi connectivity index (χ3v) is 10.2. The maximum atomic E-state index is 16.5. The molecule has 0 saturated carbocycles. The number of nitrogens with zero attached hydrogens (tertiary/aromatic N) is 6. The number of nitrogens with one attached hydrogen (secondary N) is 2. The molecule has 0 radical (unpaired) electrons. The molecule has 8 rings (SSSR count). The van der Waals surface area contributed by atoms with E-state index in [1.54, 1.807) is 12.3 Å². The lowest BCUT2D eigenvalue weighted by Gasteiger charge is -2.30. The normalized spacial score (nSPS) is 14.9. The molecule has 0 fully saturated rings. The average molecular weight is 671 g/mol. The Balaban J connectivity index is 1.24. The number of ether oxygens (including phenoxy) is 1. The Kier molecular flexibility index (Phi) is 8.06. The summed E-state index contributed by atoms with van der Waals surface area (Å²) in [4.78, 5) is 23.5. The predicted molar refractivity (Wildman–Crippen MR) is 196 cm³/mol. The topological polar surface area (TPSA) is 92.6 Å². The second kappa shape index (κ2) is 12.6. The number of fused-ring (bicyclic) bond motifs is 6. The quantitative estimate of drug-likeness (QED) is 0.152. The van der Waals surface area contributed by atoms with Crippen LogP contribution in [-0.4, -0.2) is 52.5 Å². The lowest BCUT2D eigenvalue weighted by Crippen LogP contribution is -2.25. The number of hydrogen-bond donors (Lipinski definition) is 2. The van der Waals surface area contributed by atoms with Gasteiger partial charge in [0.2, 0.25) is 6.23 Å². The zero-order valence-electron chi connectivity index (χ0n) is 29.5. The molecule has 5 heterocycles. The van der Waals surface area contributed by atoms with E-state index in [0.717, 1.165) is 81.4 Å². The van der Waals surface area contributed by atoms with Crippen LogP contribution in [0.25, 0.3) is 55.7 Å². The van der Waals surface area contributed by atoms with E-state index in [2.05, 4.69) is 99.0 Å². The Hall–Kier alpha value is -5.22. The van der Waals surface area contributed by atoms with E-state index in [1.165, 1.54) is 0 Å². The highest BCUT2D eigenvalue weighted by Crippen LogP contribution is 2.47. The third-order valence-electron chi connectivity index (χ3n) is 10.2. The number of para-hydroxylation sites is 2. The van der Waals surface area contributed by atoms with Crippen LogP contribution in [0.3, 0.4) is 0 Å². The van der Waals surface area contributed by atoms with Crippen LogP contribution in [0.15, 0.2) is 73.1 Å². The highest BCUT2D eigenvalue weighted by molar-refractivity contribution is 5.92. The fourth-order valence-electron chi connectivity index (χ4n) is 7.11. The Morgan fingerprint density at radius 1 is 0.920 bits per heavy atom. The van der Waals surface area contributed by atoms with Gasteiger partial charge in [-0.1, -0.05) is 45.9 Å². The van der Waals surface area contributed by atoms with Crippen molar-refractivity contribution in [1.82, 2.24) is 39.0 Å². The minimum atomic E-state index is -0.635. The number of halogens is 1. The van der Waals surface area contributed by atoms with Gasteiger partial charge in [-0.3, -0.25) is 9.47 Å². The van der Waals surface area contributed by atoms with Gasteiger partial charge in [-0.05, 0) is 74.3 Å². The van der Waals surface area contributed by atoms with Crippen LogP contribution in [0.5, 0.6) is 5.75 Å². The molecular formula is C40H43FN8O. The van der Waals surface area contributed by atoms with E-state index >= 15 is 4.39 Å². The van der Waals surface area contributed by atoms with E-state index in [4.69, 9.17) is 9.72 Å². The summed E-state index contributed by atoms with van der Waals surface area (Å²) in [6.07, 6.45) is 4.99. The molecule has 2 N–H and O–H groups in total. The van der Waals surface area contributed by atoms with Gasteiger partial charge >= 0.3 is 0 Å². The Morgan fingerprint density at radius 2 is 1.68 bits per heavy atom. The summed E-state index contributed by atoms with van der Waals surface area (Å²) in [5.74, 6) is 3.75. The van der Waals surface area contributed by atoms with E-state index < -0.39 is 6.23 Å².